The van der Waals surface area contributed by atoms with Crippen LogP contribution in [-0.4, -0.2) is 34.2 Å². The first-order valence-corrected chi connectivity index (χ1v) is 12.5. The number of sulfonamides is 1. The number of nitrogens with zero attached hydrogens (tertiary/aromatic N) is 2. The third-order valence-corrected chi connectivity index (χ3v) is 8.92. The Morgan fingerprint density at radius 2 is 1.17 bits per heavy atom. The third kappa shape index (κ3) is 4.61. The van der Waals surface area contributed by atoms with Gasteiger partial charge in [0.15, 0.2) is 0 Å². The minimum Gasteiger partial charge on any atom is -0.332 e. The van der Waals surface area contributed by atoms with Crippen LogP contribution in [-0.2, 0) is 10.0 Å². The van der Waals surface area contributed by atoms with E-state index in [1.54, 1.807) is 24.3 Å². The highest BCUT2D eigenvalue weighted by Gasteiger charge is 2.32. The Morgan fingerprint density at radius 1 is 0.724 bits per heavy atom. The molecule has 3 aromatic rings. The van der Waals surface area contributed by atoms with Crippen LogP contribution in [0.25, 0.3) is 0 Å². The molecule has 1 heterocycles. The molecular weight excluding hydrogens is 401 g/mol. The summed E-state index contributed by atoms with van der Waals surface area (Å²) >= 11 is 0. The molecule has 1 aliphatic heterocycles. The Labute approximate surface area is 173 Å². The summed E-state index contributed by atoms with van der Waals surface area (Å²) in [7, 11) is -4.20. The lowest BCUT2D eigenvalue weighted by atomic mass is 10.3. The normalized spacial score (nSPS) is 15.0. The number of anilines is 2. The van der Waals surface area contributed by atoms with Gasteiger partial charge < -0.3 is 9.34 Å². The second kappa shape index (κ2) is 8.95. The van der Waals surface area contributed by atoms with Gasteiger partial charge in [0, 0.05) is 37.2 Å². The van der Waals surface area contributed by atoms with E-state index >= 15 is 0 Å². The molecule has 0 aromatic heterocycles. The Morgan fingerprint density at radius 3 is 1.66 bits per heavy atom. The molecule has 0 atom stereocenters. The van der Waals surface area contributed by atoms with Gasteiger partial charge in [0.25, 0.3) is 0 Å². The van der Waals surface area contributed by atoms with Gasteiger partial charge in [0.1, 0.15) is 0 Å². The number of benzene rings is 3. The minimum absolute atomic E-state index is 0.305. The maximum atomic E-state index is 12.6. The number of hydrogen-bond acceptors (Lipinski definition) is 4. The van der Waals surface area contributed by atoms with E-state index < -0.39 is 18.2 Å². The molecule has 0 aliphatic carbocycles. The second-order valence-electron chi connectivity index (χ2n) is 6.72. The van der Waals surface area contributed by atoms with Crippen molar-refractivity contribution in [3.05, 3.63) is 91.0 Å². The van der Waals surface area contributed by atoms with E-state index in [4.69, 9.17) is 0 Å². The van der Waals surface area contributed by atoms with Gasteiger partial charge in [-0.3, -0.25) is 0 Å². The van der Waals surface area contributed by atoms with Crippen molar-refractivity contribution in [2.75, 3.05) is 35.1 Å². The number of hydrogen-bond donors (Lipinski definition) is 1. The summed E-state index contributed by atoms with van der Waals surface area (Å²) in [5.74, 6) is 0. The monoisotopic (exact) mass is 425 g/mol. The fourth-order valence-corrected chi connectivity index (χ4v) is 7.18. The van der Waals surface area contributed by atoms with E-state index in [0.29, 0.717) is 11.4 Å². The van der Waals surface area contributed by atoms with Crippen molar-refractivity contribution < 1.29 is 8.42 Å². The summed E-state index contributed by atoms with van der Waals surface area (Å²) < 4.78 is 32.8. The van der Waals surface area contributed by atoms with Gasteiger partial charge in [-0.2, -0.15) is 0 Å². The molecule has 1 N–H and O–H groups in total. The van der Waals surface area contributed by atoms with Crippen molar-refractivity contribution in [1.82, 2.24) is 4.72 Å². The van der Waals surface area contributed by atoms with E-state index in [0.717, 1.165) is 19.3 Å². The number of para-hydroxylation sites is 2. The zero-order valence-electron chi connectivity index (χ0n) is 16.1. The van der Waals surface area contributed by atoms with Crippen molar-refractivity contribution in [3.63, 3.8) is 0 Å². The molecule has 4 rings (SSSR count). The lowest BCUT2D eigenvalue weighted by molar-refractivity contribution is 0.584. The Kier molecular flexibility index (Phi) is 6.14. The molecule has 7 heteroatoms. The van der Waals surface area contributed by atoms with Gasteiger partial charge in [-0.1, -0.05) is 54.6 Å². The van der Waals surface area contributed by atoms with Gasteiger partial charge in [-0.15, -0.1) is 0 Å². The molecule has 1 saturated heterocycles. The molecule has 5 nitrogen and oxygen atoms in total. The molecule has 1 aliphatic rings. The average molecular weight is 425 g/mol. The summed E-state index contributed by atoms with van der Waals surface area (Å²) in [6.45, 7) is 2.25. The molecule has 0 spiro atoms. The fourth-order valence-electron chi connectivity index (χ4n) is 3.48. The van der Waals surface area contributed by atoms with Gasteiger partial charge in [-0.05, 0) is 36.4 Å². The average Bonchev–Trinajstić information content (AvgIpc) is 3.19. The van der Waals surface area contributed by atoms with Crippen molar-refractivity contribution in [2.45, 2.75) is 4.90 Å². The predicted octanol–water partition coefficient (Wildman–Crippen LogP) is 4.30. The minimum atomic E-state index is -3.49. The zero-order valence-corrected chi connectivity index (χ0v) is 17.8. The largest absolute Gasteiger partial charge is 0.332 e. The lowest BCUT2D eigenvalue weighted by Gasteiger charge is -2.32. The first-order valence-electron chi connectivity index (χ1n) is 9.62. The third-order valence-electron chi connectivity index (χ3n) is 4.85. The topological polar surface area (TPSA) is 52.7 Å². The standard InChI is InChI=1S/C22H24N3O2PS/c26-29(27,22-14-8-3-9-15-22)23-16-19-28-24(20-10-4-1-5-11-20)17-18-25(28)21-12-6-2-7-13-21/h1-15,23H,16-19H2. The summed E-state index contributed by atoms with van der Waals surface area (Å²) in [6, 6.07) is 29.3. The van der Waals surface area contributed by atoms with E-state index in [9.17, 15) is 8.42 Å². The molecular formula is C22H24N3O2PS. The van der Waals surface area contributed by atoms with Crippen molar-refractivity contribution in [2.24, 2.45) is 0 Å². The molecule has 0 saturated carbocycles. The van der Waals surface area contributed by atoms with Crippen molar-refractivity contribution in [1.29, 1.82) is 0 Å². The molecule has 0 bridgehead atoms. The van der Waals surface area contributed by atoms with E-state index in [1.165, 1.54) is 11.4 Å². The quantitative estimate of drug-likeness (QED) is 0.574. The number of rotatable bonds is 7. The highest BCUT2D eigenvalue weighted by Crippen LogP contribution is 2.52. The predicted molar refractivity (Wildman–Crippen MR) is 121 cm³/mol. The second-order valence-corrected chi connectivity index (χ2v) is 10.6. The highest BCUT2D eigenvalue weighted by molar-refractivity contribution is 7.89. The van der Waals surface area contributed by atoms with Crippen LogP contribution < -0.4 is 14.1 Å². The molecule has 150 valence electrons. The smallest absolute Gasteiger partial charge is 0.240 e. The molecule has 0 unspecified atom stereocenters. The fraction of sp³-hybridized carbons (Fsp3) is 0.182. The van der Waals surface area contributed by atoms with Gasteiger partial charge >= 0.3 is 0 Å². The van der Waals surface area contributed by atoms with Crippen LogP contribution in [0, 0.1) is 0 Å². The van der Waals surface area contributed by atoms with Crippen LogP contribution in [0.4, 0.5) is 11.4 Å². The van der Waals surface area contributed by atoms with Crippen LogP contribution in [0.3, 0.4) is 0 Å². The van der Waals surface area contributed by atoms with E-state index in [-0.39, 0.29) is 0 Å². The maximum absolute atomic E-state index is 12.6. The first kappa shape index (κ1) is 19.9. The molecule has 1 fully saturated rings. The van der Waals surface area contributed by atoms with Crippen molar-refractivity contribution in [3.8, 4) is 0 Å². The Hall–Kier alpha value is -2.40. The van der Waals surface area contributed by atoms with E-state index in [2.05, 4.69) is 38.3 Å². The van der Waals surface area contributed by atoms with Gasteiger partial charge in [-0.25, -0.2) is 13.1 Å². The number of nitrogens with one attached hydrogen (secondary N) is 1. The van der Waals surface area contributed by atoms with Crippen molar-refractivity contribution >= 4 is 29.6 Å². The van der Waals surface area contributed by atoms with Crippen LogP contribution in [0.15, 0.2) is 95.9 Å². The molecule has 29 heavy (non-hydrogen) atoms. The summed E-state index contributed by atoms with van der Waals surface area (Å²) in [5, 5.41) is 0. The summed E-state index contributed by atoms with van der Waals surface area (Å²) in [5.41, 5.74) is 2.37. The Bertz CT molecular complexity index is 970. The van der Waals surface area contributed by atoms with Crippen LogP contribution >= 0.6 is 8.22 Å². The Balaban J connectivity index is 1.52. The SMILES string of the molecule is O=S(=O)(NCCP1N(c2ccccc2)CCN1c1ccccc1)c1ccccc1. The maximum Gasteiger partial charge on any atom is 0.240 e. The molecule has 0 radical (unpaired) electrons. The van der Waals surface area contributed by atoms with E-state index in [1.807, 2.05) is 42.5 Å². The van der Waals surface area contributed by atoms with Gasteiger partial charge in [0.2, 0.25) is 10.0 Å². The zero-order chi connectivity index (χ0) is 20.1. The summed E-state index contributed by atoms with van der Waals surface area (Å²) in [4.78, 5) is 0.305. The van der Waals surface area contributed by atoms with Crippen LogP contribution in [0.5, 0.6) is 0 Å². The summed E-state index contributed by atoms with van der Waals surface area (Å²) in [6.07, 6.45) is 0.741. The molecule has 0 amide bonds. The van der Waals surface area contributed by atoms with Crippen LogP contribution in [0.2, 0.25) is 0 Å². The highest BCUT2D eigenvalue weighted by atomic mass is 32.2. The lowest BCUT2D eigenvalue weighted by Crippen LogP contribution is -2.29. The van der Waals surface area contributed by atoms with Gasteiger partial charge in [0.05, 0.1) is 13.1 Å². The first-order chi connectivity index (χ1) is 14.1. The molecule has 3 aromatic carbocycles. The van der Waals surface area contributed by atoms with Crippen LogP contribution in [0.1, 0.15) is 0 Å².